The molecule has 2 aromatic heterocycles. The summed E-state index contributed by atoms with van der Waals surface area (Å²) in [6.07, 6.45) is 2.83. The number of anilines is 1. The molecular weight excluding hydrogens is 309 g/mol. The van der Waals surface area contributed by atoms with E-state index in [1.165, 1.54) is 41.5 Å². The molecule has 1 N–H and O–H groups in total. The first-order valence-electron chi connectivity index (χ1n) is 6.23. The Bertz CT molecular complexity index is 818. The van der Waals surface area contributed by atoms with Crippen LogP contribution in [0.3, 0.4) is 0 Å². The van der Waals surface area contributed by atoms with Crippen molar-refractivity contribution in [3.05, 3.63) is 65.5 Å². The van der Waals surface area contributed by atoms with E-state index < -0.39 is 5.91 Å². The highest BCUT2D eigenvalue weighted by Gasteiger charge is 2.13. The van der Waals surface area contributed by atoms with E-state index >= 15 is 0 Å². The van der Waals surface area contributed by atoms with Gasteiger partial charge in [0.2, 0.25) is 0 Å². The standard InChI is InChI=1S/C14H9ClFN5O/c15-13-11(2-1-7-17-13)19-14(22)12-8-18-21(20-12)10-5-3-9(16)4-6-10/h1-8H,(H,19,22). The second kappa shape index (κ2) is 5.90. The number of aromatic nitrogens is 4. The SMILES string of the molecule is O=C(Nc1cccnc1Cl)c1cnn(-c2ccc(F)cc2)n1. The van der Waals surface area contributed by atoms with Crippen LogP contribution in [0.1, 0.15) is 10.5 Å². The lowest BCUT2D eigenvalue weighted by Crippen LogP contribution is -2.13. The molecule has 0 aliphatic heterocycles. The molecule has 22 heavy (non-hydrogen) atoms. The lowest BCUT2D eigenvalue weighted by Gasteiger charge is -2.03. The first-order chi connectivity index (χ1) is 10.6. The lowest BCUT2D eigenvalue weighted by atomic mass is 10.3. The number of pyridine rings is 1. The lowest BCUT2D eigenvalue weighted by molar-refractivity contribution is 0.102. The molecule has 0 bridgehead atoms. The van der Waals surface area contributed by atoms with E-state index in [1.54, 1.807) is 12.1 Å². The Hall–Kier alpha value is -2.80. The maximum atomic E-state index is 12.9. The second-order valence-electron chi connectivity index (χ2n) is 4.29. The fourth-order valence-electron chi connectivity index (χ4n) is 1.73. The smallest absolute Gasteiger partial charge is 0.277 e. The van der Waals surface area contributed by atoms with Gasteiger partial charge in [0.25, 0.3) is 5.91 Å². The van der Waals surface area contributed by atoms with Crippen LogP contribution in [-0.2, 0) is 0 Å². The van der Waals surface area contributed by atoms with Gasteiger partial charge in [0.15, 0.2) is 10.8 Å². The van der Waals surface area contributed by atoms with E-state index in [-0.39, 0.29) is 16.7 Å². The summed E-state index contributed by atoms with van der Waals surface area (Å²) in [4.78, 5) is 17.2. The van der Waals surface area contributed by atoms with Gasteiger partial charge in [-0.05, 0) is 36.4 Å². The number of hydrogen-bond acceptors (Lipinski definition) is 4. The van der Waals surface area contributed by atoms with Gasteiger partial charge in [-0.2, -0.15) is 9.90 Å². The third-order valence-corrected chi connectivity index (χ3v) is 3.09. The maximum Gasteiger partial charge on any atom is 0.277 e. The van der Waals surface area contributed by atoms with Gasteiger partial charge in [-0.3, -0.25) is 4.79 Å². The monoisotopic (exact) mass is 317 g/mol. The van der Waals surface area contributed by atoms with Crippen molar-refractivity contribution in [3.63, 3.8) is 0 Å². The van der Waals surface area contributed by atoms with E-state index in [2.05, 4.69) is 20.5 Å². The first-order valence-corrected chi connectivity index (χ1v) is 6.61. The molecule has 0 saturated heterocycles. The largest absolute Gasteiger partial charge is 0.318 e. The Morgan fingerprint density at radius 3 is 2.73 bits per heavy atom. The zero-order valence-electron chi connectivity index (χ0n) is 11.1. The van der Waals surface area contributed by atoms with Crippen molar-refractivity contribution < 1.29 is 9.18 Å². The van der Waals surface area contributed by atoms with Crippen LogP contribution in [-0.4, -0.2) is 25.9 Å². The van der Waals surface area contributed by atoms with Gasteiger partial charge in [0.05, 0.1) is 17.6 Å². The predicted octanol–water partition coefficient (Wildman–Crippen LogP) is 2.71. The summed E-state index contributed by atoms with van der Waals surface area (Å²) >= 11 is 5.87. The molecule has 0 aliphatic carbocycles. The summed E-state index contributed by atoms with van der Waals surface area (Å²) in [5.74, 6) is -0.830. The summed E-state index contributed by atoms with van der Waals surface area (Å²) < 4.78 is 12.9. The molecule has 2 heterocycles. The Kier molecular flexibility index (Phi) is 3.80. The molecule has 3 aromatic rings. The van der Waals surface area contributed by atoms with E-state index in [1.807, 2.05) is 0 Å². The maximum absolute atomic E-state index is 12.9. The van der Waals surface area contributed by atoms with E-state index in [0.717, 1.165) is 0 Å². The minimum Gasteiger partial charge on any atom is -0.318 e. The molecule has 110 valence electrons. The highest BCUT2D eigenvalue weighted by molar-refractivity contribution is 6.32. The second-order valence-corrected chi connectivity index (χ2v) is 4.65. The van der Waals surface area contributed by atoms with E-state index in [9.17, 15) is 9.18 Å². The van der Waals surface area contributed by atoms with E-state index in [4.69, 9.17) is 11.6 Å². The molecule has 0 spiro atoms. The van der Waals surface area contributed by atoms with Crippen molar-refractivity contribution in [2.24, 2.45) is 0 Å². The topological polar surface area (TPSA) is 72.7 Å². The van der Waals surface area contributed by atoms with Gasteiger partial charge in [0, 0.05) is 6.20 Å². The van der Waals surface area contributed by atoms with Crippen molar-refractivity contribution in [2.75, 3.05) is 5.32 Å². The van der Waals surface area contributed by atoms with Crippen LogP contribution < -0.4 is 5.32 Å². The summed E-state index contributed by atoms with van der Waals surface area (Å²) in [6.45, 7) is 0. The Morgan fingerprint density at radius 1 is 1.23 bits per heavy atom. The van der Waals surface area contributed by atoms with Crippen LogP contribution in [0, 0.1) is 5.82 Å². The number of rotatable bonds is 3. The van der Waals surface area contributed by atoms with E-state index in [0.29, 0.717) is 11.4 Å². The molecule has 6 nitrogen and oxygen atoms in total. The summed E-state index contributed by atoms with van der Waals surface area (Å²) in [7, 11) is 0. The molecule has 8 heteroatoms. The number of carbonyl (C=O) groups excluding carboxylic acids is 1. The van der Waals surface area contributed by atoms with Crippen LogP contribution in [0.5, 0.6) is 0 Å². The molecule has 3 rings (SSSR count). The number of carbonyl (C=O) groups is 1. The van der Waals surface area contributed by atoms with Gasteiger partial charge in [-0.15, -0.1) is 5.10 Å². The van der Waals surface area contributed by atoms with Crippen molar-refractivity contribution >= 4 is 23.2 Å². The number of hydrogen-bond donors (Lipinski definition) is 1. The van der Waals surface area contributed by atoms with Crippen molar-refractivity contribution in [1.29, 1.82) is 0 Å². The summed E-state index contributed by atoms with van der Waals surface area (Å²) in [5.41, 5.74) is 1.02. The zero-order valence-corrected chi connectivity index (χ0v) is 11.8. The normalized spacial score (nSPS) is 10.5. The van der Waals surface area contributed by atoms with Gasteiger partial charge in [-0.25, -0.2) is 9.37 Å². The Morgan fingerprint density at radius 2 is 2.00 bits per heavy atom. The number of halogens is 2. The summed E-state index contributed by atoms with van der Waals surface area (Å²) in [6, 6.07) is 8.86. The van der Waals surface area contributed by atoms with Crippen LogP contribution in [0.15, 0.2) is 48.8 Å². The third kappa shape index (κ3) is 2.94. The number of amides is 1. The minimum absolute atomic E-state index is 0.101. The van der Waals surface area contributed by atoms with Gasteiger partial charge < -0.3 is 5.32 Å². The number of nitrogens with one attached hydrogen (secondary N) is 1. The number of nitrogens with zero attached hydrogens (tertiary/aromatic N) is 4. The average Bonchev–Trinajstić information content (AvgIpc) is 3.00. The molecule has 0 fully saturated rings. The molecule has 0 atom stereocenters. The van der Waals surface area contributed by atoms with Crippen molar-refractivity contribution in [2.45, 2.75) is 0 Å². The van der Waals surface area contributed by atoms with Gasteiger partial charge in [-0.1, -0.05) is 11.6 Å². The zero-order chi connectivity index (χ0) is 15.5. The average molecular weight is 318 g/mol. The van der Waals surface area contributed by atoms with Gasteiger partial charge >= 0.3 is 0 Å². The molecule has 1 amide bonds. The van der Waals surface area contributed by atoms with Crippen LogP contribution >= 0.6 is 11.6 Å². The van der Waals surface area contributed by atoms with Crippen LogP contribution in [0.2, 0.25) is 5.15 Å². The predicted molar refractivity (Wildman–Crippen MR) is 78.5 cm³/mol. The molecule has 1 aromatic carbocycles. The third-order valence-electron chi connectivity index (χ3n) is 2.79. The summed E-state index contributed by atoms with van der Waals surface area (Å²) in [5, 5.41) is 10.8. The Labute approximate surface area is 129 Å². The van der Waals surface area contributed by atoms with Crippen molar-refractivity contribution in [1.82, 2.24) is 20.0 Å². The van der Waals surface area contributed by atoms with Crippen LogP contribution in [0.4, 0.5) is 10.1 Å². The van der Waals surface area contributed by atoms with Crippen LogP contribution in [0.25, 0.3) is 5.69 Å². The molecule has 0 radical (unpaired) electrons. The minimum atomic E-state index is -0.469. The molecule has 0 unspecified atom stereocenters. The first kappa shape index (κ1) is 14.2. The van der Waals surface area contributed by atoms with Crippen molar-refractivity contribution in [3.8, 4) is 5.69 Å². The fraction of sp³-hybridized carbons (Fsp3) is 0. The highest BCUT2D eigenvalue weighted by Crippen LogP contribution is 2.18. The number of benzene rings is 1. The quantitative estimate of drug-likeness (QED) is 0.754. The molecular formula is C14H9ClFN5O. The highest BCUT2D eigenvalue weighted by atomic mass is 35.5. The molecule has 0 saturated carbocycles. The molecule has 0 aliphatic rings. The van der Waals surface area contributed by atoms with Gasteiger partial charge in [0.1, 0.15) is 5.82 Å². The fourth-order valence-corrected chi connectivity index (χ4v) is 1.90. The Balaban J connectivity index is 1.80.